The number of carbonyl (C=O) groups is 1. The van der Waals surface area contributed by atoms with E-state index in [0.29, 0.717) is 16.6 Å². The fraction of sp³-hybridized carbons (Fsp3) is 0.200. The number of aryl methyl sites for hydroxylation is 1. The van der Waals surface area contributed by atoms with Crippen LogP contribution in [0.15, 0.2) is 47.8 Å². The van der Waals surface area contributed by atoms with Crippen molar-refractivity contribution in [2.45, 2.75) is 13.3 Å². The Balaban J connectivity index is 1.59. The molecule has 1 aromatic heterocycles. The van der Waals surface area contributed by atoms with Crippen LogP contribution < -0.4 is 15.4 Å². The lowest BCUT2D eigenvalue weighted by molar-refractivity contribution is -0.384. The zero-order valence-corrected chi connectivity index (χ0v) is 16.8. The fourth-order valence-corrected chi connectivity index (χ4v) is 3.48. The second-order valence-corrected chi connectivity index (χ2v) is 7.10. The normalized spacial score (nSPS) is 10.4. The molecule has 3 aromatic rings. The first-order chi connectivity index (χ1) is 14.0. The van der Waals surface area contributed by atoms with Gasteiger partial charge in [-0.15, -0.1) is 11.3 Å². The number of nitrogens with one attached hydrogen (secondary N) is 2. The summed E-state index contributed by atoms with van der Waals surface area (Å²) in [7, 11) is 1.60. The van der Waals surface area contributed by atoms with Crippen LogP contribution in [0.2, 0.25) is 0 Å². The van der Waals surface area contributed by atoms with Gasteiger partial charge in [-0.05, 0) is 25.1 Å². The van der Waals surface area contributed by atoms with Gasteiger partial charge in [-0.2, -0.15) is 0 Å². The topological polar surface area (TPSA) is 106 Å². The monoisotopic (exact) mass is 412 g/mol. The predicted molar refractivity (Wildman–Crippen MR) is 114 cm³/mol. The molecule has 0 spiro atoms. The smallest absolute Gasteiger partial charge is 0.292 e. The molecule has 1 heterocycles. The summed E-state index contributed by atoms with van der Waals surface area (Å²) in [4.78, 5) is 27.2. The Labute approximate surface area is 171 Å². The van der Waals surface area contributed by atoms with Crippen LogP contribution in [-0.4, -0.2) is 29.5 Å². The van der Waals surface area contributed by atoms with E-state index in [1.807, 2.05) is 30.5 Å². The third-order valence-corrected chi connectivity index (χ3v) is 4.91. The zero-order valence-electron chi connectivity index (χ0n) is 16.0. The number of amides is 1. The Bertz CT molecular complexity index is 1030. The molecule has 0 fully saturated rings. The number of para-hydroxylation sites is 2. The van der Waals surface area contributed by atoms with Gasteiger partial charge in [0.2, 0.25) is 5.91 Å². The molecule has 0 atom stereocenters. The highest BCUT2D eigenvalue weighted by atomic mass is 32.1. The van der Waals surface area contributed by atoms with Gasteiger partial charge < -0.3 is 15.4 Å². The Morgan fingerprint density at radius 1 is 1.28 bits per heavy atom. The van der Waals surface area contributed by atoms with Crippen molar-refractivity contribution in [3.63, 3.8) is 0 Å². The van der Waals surface area contributed by atoms with E-state index >= 15 is 0 Å². The molecule has 0 aliphatic carbocycles. The molecular weight excluding hydrogens is 392 g/mol. The van der Waals surface area contributed by atoms with Crippen LogP contribution in [0.5, 0.6) is 5.75 Å². The second-order valence-electron chi connectivity index (χ2n) is 6.24. The molecule has 0 aliphatic rings. The lowest BCUT2D eigenvalue weighted by Gasteiger charge is -2.07. The van der Waals surface area contributed by atoms with Gasteiger partial charge in [0.05, 0.1) is 17.7 Å². The van der Waals surface area contributed by atoms with E-state index in [2.05, 4.69) is 15.6 Å². The van der Waals surface area contributed by atoms with Crippen LogP contribution in [-0.2, 0) is 4.79 Å². The maximum Gasteiger partial charge on any atom is 0.292 e. The fourth-order valence-electron chi connectivity index (χ4n) is 2.75. The van der Waals surface area contributed by atoms with Crippen molar-refractivity contribution in [3.8, 4) is 17.0 Å². The van der Waals surface area contributed by atoms with Crippen molar-refractivity contribution in [1.29, 1.82) is 0 Å². The van der Waals surface area contributed by atoms with E-state index < -0.39 is 4.92 Å². The van der Waals surface area contributed by atoms with Crippen molar-refractivity contribution in [2.75, 3.05) is 24.3 Å². The predicted octanol–water partition coefficient (Wildman–Crippen LogP) is 4.48. The Morgan fingerprint density at radius 2 is 2.07 bits per heavy atom. The third-order valence-electron chi connectivity index (χ3n) is 4.15. The first-order valence-electron chi connectivity index (χ1n) is 8.85. The number of carbonyl (C=O) groups excluding carboxylic acids is 1. The van der Waals surface area contributed by atoms with E-state index in [9.17, 15) is 14.9 Å². The van der Waals surface area contributed by atoms with Gasteiger partial charge in [-0.3, -0.25) is 14.9 Å². The van der Waals surface area contributed by atoms with Crippen LogP contribution >= 0.6 is 11.3 Å². The van der Waals surface area contributed by atoms with Gasteiger partial charge >= 0.3 is 0 Å². The quantitative estimate of drug-likeness (QED) is 0.417. The number of hydrogen-bond acceptors (Lipinski definition) is 7. The number of methoxy groups -OCH3 is 1. The first-order valence-corrected chi connectivity index (χ1v) is 9.73. The average molecular weight is 412 g/mol. The number of nitro groups is 1. The van der Waals surface area contributed by atoms with Gasteiger partial charge in [0, 0.05) is 30.0 Å². The van der Waals surface area contributed by atoms with Gasteiger partial charge in [-0.25, -0.2) is 4.98 Å². The molecule has 150 valence electrons. The molecule has 0 saturated heterocycles. The summed E-state index contributed by atoms with van der Waals surface area (Å²) in [6.45, 7) is 2.25. The molecule has 1 amide bonds. The number of hydrogen-bond donors (Lipinski definition) is 2. The number of rotatable bonds is 8. The molecule has 3 rings (SSSR count). The minimum absolute atomic E-state index is 0.0235. The van der Waals surface area contributed by atoms with Crippen molar-refractivity contribution in [1.82, 2.24) is 4.98 Å². The standard InChI is InChI=1S/C20H20N4O4S/c1-13-7-8-18(28-2)14(11-13)16-12-29-20(22-16)23-19(25)9-10-21-15-5-3-4-6-17(15)24(26)27/h3-8,11-12,21H,9-10H2,1-2H3,(H,22,23,25). The van der Waals surface area contributed by atoms with Crippen molar-refractivity contribution in [2.24, 2.45) is 0 Å². The van der Waals surface area contributed by atoms with Crippen LogP contribution in [0.3, 0.4) is 0 Å². The summed E-state index contributed by atoms with van der Waals surface area (Å²) < 4.78 is 5.39. The van der Waals surface area contributed by atoms with E-state index in [-0.39, 0.29) is 24.6 Å². The number of anilines is 2. The number of nitro benzene ring substituents is 1. The van der Waals surface area contributed by atoms with Crippen LogP contribution in [0, 0.1) is 17.0 Å². The molecule has 0 bridgehead atoms. The molecule has 0 saturated carbocycles. The molecule has 29 heavy (non-hydrogen) atoms. The first kappa shape index (κ1) is 20.3. The molecule has 0 radical (unpaired) electrons. The number of ether oxygens (including phenoxy) is 1. The van der Waals surface area contributed by atoms with E-state index in [1.165, 1.54) is 17.4 Å². The number of benzene rings is 2. The number of nitrogens with zero attached hydrogens (tertiary/aromatic N) is 2. The minimum atomic E-state index is -0.459. The Morgan fingerprint density at radius 3 is 2.83 bits per heavy atom. The highest BCUT2D eigenvalue weighted by molar-refractivity contribution is 7.14. The van der Waals surface area contributed by atoms with Gasteiger partial charge in [0.1, 0.15) is 11.4 Å². The summed E-state index contributed by atoms with van der Waals surface area (Å²) in [5, 5.41) is 19.1. The molecule has 0 aliphatic heterocycles. The van der Waals surface area contributed by atoms with Gasteiger partial charge in [0.25, 0.3) is 5.69 Å². The van der Waals surface area contributed by atoms with Gasteiger partial charge in [0.15, 0.2) is 5.13 Å². The molecule has 0 unspecified atom stereocenters. The number of aromatic nitrogens is 1. The summed E-state index contributed by atoms with van der Waals surface area (Å²) in [5.74, 6) is 0.487. The van der Waals surface area contributed by atoms with E-state index in [1.54, 1.807) is 25.3 Å². The van der Waals surface area contributed by atoms with Crippen molar-refractivity contribution >= 4 is 33.8 Å². The SMILES string of the molecule is COc1ccc(C)cc1-c1csc(NC(=O)CCNc2ccccc2[N+](=O)[O-])n1. The highest BCUT2D eigenvalue weighted by Crippen LogP contribution is 2.33. The highest BCUT2D eigenvalue weighted by Gasteiger charge is 2.14. The van der Waals surface area contributed by atoms with E-state index in [4.69, 9.17) is 4.74 Å². The summed E-state index contributed by atoms with van der Waals surface area (Å²) in [5.41, 5.74) is 3.03. The number of thiazole rings is 1. The van der Waals surface area contributed by atoms with E-state index in [0.717, 1.165) is 16.8 Å². The van der Waals surface area contributed by atoms with Crippen LogP contribution in [0.4, 0.5) is 16.5 Å². The van der Waals surface area contributed by atoms with Gasteiger partial charge in [-0.1, -0.05) is 23.8 Å². The minimum Gasteiger partial charge on any atom is -0.496 e. The molecule has 2 N–H and O–H groups in total. The third kappa shape index (κ3) is 5.08. The maximum atomic E-state index is 12.2. The summed E-state index contributed by atoms with van der Waals surface area (Å²) >= 11 is 1.33. The Hall–Kier alpha value is -3.46. The van der Waals surface area contributed by atoms with Crippen LogP contribution in [0.25, 0.3) is 11.3 Å². The molecule has 8 nitrogen and oxygen atoms in total. The summed E-state index contributed by atoms with van der Waals surface area (Å²) in [6.07, 6.45) is 0.148. The zero-order chi connectivity index (χ0) is 20.8. The maximum absolute atomic E-state index is 12.2. The summed E-state index contributed by atoms with van der Waals surface area (Å²) in [6, 6.07) is 12.1. The lowest BCUT2D eigenvalue weighted by Crippen LogP contribution is -2.16. The molecule has 9 heteroatoms. The lowest BCUT2D eigenvalue weighted by atomic mass is 10.1. The van der Waals surface area contributed by atoms with Crippen molar-refractivity contribution in [3.05, 3.63) is 63.5 Å². The average Bonchev–Trinajstić information content (AvgIpc) is 3.16. The second kappa shape index (κ2) is 9.16. The molecular formula is C20H20N4O4S. The van der Waals surface area contributed by atoms with Crippen molar-refractivity contribution < 1.29 is 14.5 Å². The largest absolute Gasteiger partial charge is 0.496 e. The van der Waals surface area contributed by atoms with Crippen LogP contribution in [0.1, 0.15) is 12.0 Å². The Kier molecular flexibility index (Phi) is 6.40. The molecule has 2 aromatic carbocycles.